The minimum absolute atomic E-state index is 0.251. The average molecular weight is 348 g/mol. The lowest BCUT2D eigenvalue weighted by molar-refractivity contribution is -0.136. The van der Waals surface area contributed by atoms with Crippen molar-refractivity contribution in [2.24, 2.45) is 0 Å². The number of carbonyl (C=O) groups is 2. The molecule has 2 amide bonds. The van der Waals surface area contributed by atoms with E-state index in [4.69, 9.17) is 16.0 Å². The van der Waals surface area contributed by atoms with Crippen LogP contribution in [0, 0.1) is 0 Å². The topological polar surface area (TPSA) is 50.5 Å². The molecule has 6 heteroatoms. The van der Waals surface area contributed by atoms with Crippen LogP contribution in [0.2, 0.25) is 5.02 Å². The van der Waals surface area contributed by atoms with Gasteiger partial charge in [-0.3, -0.25) is 14.5 Å². The van der Waals surface area contributed by atoms with Crippen LogP contribution in [0.5, 0.6) is 0 Å². The summed E-state index contributed by atoms with van der Waals surface area (Å²) >= 11 is 7.23. The van der Waals surface area contributed by atoms with Crippen LogP contribution in [-0.4, -0.2) is 23.3 Å². The SMILES string of the molecule is CCN1C(=O)C(SCc2ccco2)=C(c2ccc(Cl)cc2)C1=O. The Morgan fingerprint density at radius 1 is 1.13 bits per heavy atom. The monoisotopic (exact) mass is 347 g/mol. The van der Waals surface area contributed by atoms with E-state index in [1.807, 2.05) is 6.07 Å². The van der Waals surface area contributed by atoms with Crippen LogP contribution in [0.1, 0.15) is 18.2 Å². The zero-order chi connectivity index (χ0) is 16.4. The van der Waals surface area contributed by atoms with Gasteiger partial charge in [-0.15, -0.1) is 11.8 Å². The summed E-state index contributed by atoms with van der Waals surface area (Å²) in [7, 11) is 0. The summed E-state index contributed by atoms with van der Waals surface area (Å²) in [5.41, 5.74) is 1.13. The number of halogens is 1. The van der Waals surface area contributed by atoms with Crippen LogP contribution in [-0.2, 0) is 15.3 Å². The van der Waals surface area contributed by atoms with Crippen molar-refractivity contribution in [2.45, 2.75) is 12.7 Å². The number of amides is 2. The minimum Gasteiger partial charge on any atom is -0.468 e. The lowest BCUT2D eigenvalue weighted by Crippen LogP contribution is -2.31. The predicted molar refractivity (Wildman–Crippen MR) is 90.8 cm³/mol. The Morgan fingerprint density at radius 3 is 2.48 bits per heavy atom. The summed E-state index contributed by atoms with van der Waals surface area (Å²) < 4.78 is 5.29. The molecule has 1 aromatic carbocycles. The first kappa shape index (κ1) is 15.9. The molecule has 0 saturated heterocycles. The van der Waals surface area contributed by atoms with Gasteiger partial charge in [0.05, 0.1) is 22.5 Å². The molecule has 0 saturated carbocycles. The molecule has 0 N–H and O–H groups in total. The number of nitrogens with zero attached hydrogens (tertiary/aromatic N) is 1. The molecule has 0 atom stereocenters. The second kappa shape index (κ2) is 6.64. The minimum atomic E-state index is -0.262. The molecule has 3 rings (SSSR count). The van der Waals surface area contributed by atoms with E-state index < -0.39 is 0 Å². The Bertz CT molecular complexity index is 766. The van der Waals surface area contributed by atoms with E-state index in [1.54, 1.807) is 43.5 Å². The van der Waals surface area contributed by atoms with Gasteiger partial charge in [-0.05, 0) is 36.8 Å². The summed E-state index contributed by atoms with van der Waals surface area (Å²) in [5, 5.41) is 0.586. The van der Waals surface area contributed by atoms with E-state index in [2.05, 4.69) is 0 Å². The molecule has 0 fully saturated rings. The summed E-state index contributed by atoms with van der Waals surface area (Å²) in [6.07, 6.45) is 1.59. The highest BCUT2D eigenvalue weighted by Gasteiger charge is 2.38. The van der Waals surface area contributed by atoms with Gasteiger partial charge >= 0.3 is 0 Å². The van der Waals surface area contributed by atoms with Crippen molar-refractivity contribution < 1.29 is 14.0 Å². The molecule has 2 aromatic rings. The quantitative estimate of drug-likeness (QED) is 0.768. The average Bonchev–Trinajstić information content (AvgIpc) is 3.13. The number of rotatable bonds is 5. The molecule has 2 heterocycles. The van der Waals surface area contributed by atoms with E-state index >= 15 is 0 Å². The number of carbonyl (C=O) groups excluding carboxylic acids is 2. The van der Waals surface area contributed by atoms with Crippen molar-refractivity contribution in [1.29, 1.82) is 0 Å². The molecule has 0 bridgehead atoms. The standard InChI is InChI=1S/C17H14ClNO3S/c1-2-19-16(20)14(11-5-7-12(18)8-6-11)15(17(19)21)23-10-13-4-3-9-22-13/h3-9H,2,10H2,1H3. The van der Waals surface area contributed by atoms with Crippen LogP contribution < -0.4 is 0 Å². The van der Waals surface area contributed by atoms with E-state index in [9.17, 15) is 9.59 Å². The Hall–Kier alpha value is -1.98. The Kier molecular flexibility index (Phi) is 4.59. The molecule has 1 aromatic heterocycles. The lowest BCUT2D eigenvalue weighted by Gasteiger charge is -2.11. The highest BCUT2D eigenvalue weighted by molar-refractivity contribution is 8.03. The van der Waals surface area contributed by atoms with Gasteiger partial charge in [0.1, 0.15) is 5.76 Å². The third kappa shape index (κ3) is 3.07. The molecular formula is C17H14ClNO3S. The van der Waals surface area contributed by atoms with Crippen LogP contribution in [0.4, 0.5) is 0 Å². The molecular weight excluding hydrogens is 334 g/mol. The fourth-order valence-corrected chi connectivity index (χ4v) is 3.54. The highest BCUT2D eigenvalue weighted by atomic mass is 35.5. The molecule has 1 aliphatic rings. The maximum atomic E-state index is 12.6. The molecule has 0 unspecified atom stereocenters. The largest absolute Gasteiger partial charge is 0.468 e. The van der Waals surface area contributed by atoms with Crippen LogP contribution in [0.3, 0.4) is 0 Å². The van der Waals surface area contributed by atoms with Gasteiger partial charge in [-0.2, -0.15) is 0 Å². The van der Waals surface area contributed by atoms with Gasteiger partial charge in [0.15, 0.2) is 0 Å². The van der Waals surface area contributed by atoms with Gasteiger partial charge in [-0.1, -0.05) is 23.7 Å². The van der Waals surface area contributed by atoms with Crippen molar-refractivity contribution >= 4 is 40.8 Å². The first-order valence-electron chi connectivity index (χ1n) is 7.13. The molecule has 118 valence electrons. The van der Waals surface area contributed by atoms with E-state index in [0.717, 1.165) is 5.76 Å². The second-order valence-electron chi connectivity index (χ2n) is 4.93. The maximum Gasteiger partial charge on any atom is 0.267 e. The van der Waals surface area contributed by atoms with E-state index in [0.29, 0.717) is 33.4 Å². The molecule has 4 nitrogen and oxygen atoms in total. The normalized spacial score (nSPS) is 15.0. The number of imide groups is 1. The van der Waals surface area contributed by atoms with Crippen molar-refractivity contribution in [1.82, 2.24) is 4.90 Å². The van der Waals surface area contributed by atoms with Crippen LogP contribution in [0.15, 0.2) is 52.0 Å². The Labute approximate surface area is 143 Å². The van der Waals surface area contributed by atoms with Gasteiger partial charge in [0.2, 0.25) is 0 Å². The molecule has 0 aliphatic carbocycles. The van der Waals surface area contributed by atoms with Crippen molar-refractivity contribution in [3.8, 4) is 0 Å². The lowest BCUT2D eigenvalue weighted by atomic mass is 10.1. The van der Waals surface area contributed by atoms with E-state index in [-0.39, 0.29) is 11.8 Å². The third-order valence-electron chi connectivity index (χ3n) is 3.51. The zero-order valence-electron chi connectivity index (χ0n) is 12.4. The summed E-state index contributed by atoms with van der Waals surface area (Å²) in [4.78, 5) is 26.8. The van der Waals surface area contributed by atoms with Gasteiger partial charge in [0.25, 0.3) is 11.8 Å². The number of thioether (sulfide) groups is 1. The summed E-state index contributed by atoms with van der Waals surface area (Å²) in [6.45, 7) is 2.13. The third-order valence-corrected chi connectivity index (χ3v) is 4.86. The second-order valence-corrected chi connectivity index (χ2v) is 6.36. The fraction of sp³-hybridized carbons (Fsp3) is 0.176. The molecule has 1 aliphatic heterocycles. The van der Waals surface area contributed by atoms with E-state index in [1.165, 1.54) is 16.7 Å². The van der Waals surface area contributed by atoms with Crippen molar-refractivity contribution in [3.63, 3.8) is 0 Å². The number of likely N-dealkylation sites (N-methyl/N-ethyl adjacent to an activating group) is 1. The van der Waals surface area contributed by atoms with Crippen molar-refractivity contribution in [3.05, 3.63) is 63.9 Å². The number of hydrogen-bond acceptors (Lipinski definition) is 4. The van der Waals surface area contributed by atoms with Gasteiger partial charge in [0, 0.05) is 11.6 Å². The summed E-state index contributed by atoms with van der Waals surface area (Å²) in [6, 6.07) is 10.6. The van der Waals surface area contributed by atoms with Gasteiger partial charge in [-0.25, -0.2) is 0 Å². The van der Waals surface area contributed by atoms with Crippen LogP contribution >= 0.6 is 23.4 Å². The van der Waals surface area contributed by atoms with Gasteiger partial charge < -0.3 is 4.42 Å². The Morgan fingerprint density at radius 2 is 1.87 bits per heavy atom. The van der Waals surface area contributed by atoms with Crippen LogP contribution in [0.25, 0.3) is 5.57 Å². The maximum absolute atomic E-state index is 12.6. The fourth-order valence-electron chi connectivity index (χ4n) is 2.38. The smallest absolute Gasteiger partial charge is 0.267 e. The number of benzene rings is 1. The number of furan rings is 1. The summed E-state index contributed by atoms with van der Waals surface area (Å²) in [5.74, 6) is 0.740. The first-order valence-corrected chi connectivity index (χ1v) is 8.49. The first-order chi connectivity index (χ1) is 11.1. The Balaban J connectivity index is 1.97. The molecule has 0 radical (unpaired) electrons. The predicted octanol–water partition coefficient (Wildman–Crippen LogP) is 3.97. The molecule has 0 spiro atoms. The highest BCUT2D eigenvalue weighted by Crippen LogP contribution is 2.37. The van der Waals surface area contributed by atoms with Crippen molar-refractivity contribution in [2.75, 3.05) is 6.54 Å². The number of hydrogen-bond donors (Lipinski definition) is 0. The molecule has 23 heavy (non-hydrogen) atoms. The zero-order valence-corrected chi connectivity index (χ0v) is 14.0.